The lowest BCUT2D eigenvalue weighted by atomic mass is 10.2. The van der Waals surface area contributed by atoms with E-state index in [0.29, 0.717) is 5.25 Å². The number of aliphatic imine (C=N–C) groups is 1. The van der Waals surface area contributed by atoms with Gasteiger partial charge in [-0.1, -0.05) is 25.1 Å². The van der Waals surface area contributed by atoms with Crippen LogP contribution in [0.2, 0.25) is 0 Å². The molecule has 0 saturated carbocycles. The predicted molar refractivity (Wildman–Crippen MR) is 98.0 cm³/mol. The van der Waals surface area contributed by atoms with Crippen molar-refractivity contribution in [2.75, 3.05) is 20.1 Å². The molecule has 1 atom stereocenters. The van der Waals surface area contributed by atoms with Crippen LogP contribution in [0.5, 0.6) is 0 Å². The molecule has 1 aromatic carbocycles. The molecule has 0 spiro atoms. The van der Waals surface area contributed by atoms with Gasteiger partial charge in [-0.25, -0.2) is 0 Å². The third kappa shape index (κ3) is 6.36. The molecule has 0 aliphatic heterocycles. The van der Waals surface area contributed by atoms with Crippen molar-refractivity contribution < 1.29 is 0 Å². The summed E-state index contributed by atoms with van der Waals surface area (Å²) in [6.07, 6.45) is 4.87. The molecule has 2 rings (SSSR count). The highest BCUT2D eigenvalue weighted by Crippen LogP contribution is 2.21. The van der Waals surface area contributed by atoms with Crippen molar-refractivity contribution in [2.24, 2.45) is 12.0 Å². The van der Waals surface area contributed by atoms with Gasteiger partial charge in [-0.3, -0.25) is 9.67 Å². The molecule has 1 heterocycles. The van der Waals surface area contributed by atoms with Crippen LogP contribution < -0.4 is 10.6 Å². The SMILES string of the molecule is CN=C(NCCc1cnn(C)c1)NCC(C)Sc1ccccc1. The second-order valence-electron chi connectivity index (χ2n) is 5.39. The molecular formula is C17H25N5S. The molecule has 1 aromatic heterocycles. The number of guanidine groups is 1. The van der Waals surface area contributed by atoms with E-state index in [1.54, 1.807) is 7.05 Å². The minimum absolute atomic E-state index is 0.467. The van der Waals surface area contributed by atoms with Crippen LogP contribution >= 0.6 is 11.8 Å². The van der Waals surface area contributed by atoms with Crippen molar-refractivity contribution in [3.05, 3.63) is 48.3 Å². The summed E-state index contributed by atoms with van der Waals surface area (Å²) in [4.78, 5) is 5.56. The minimum Gasteiger partial charge on any atom is -0.356 e. The van der Waals surface area contributed by atoms with E-state index >= 15 is 0 Å². The summed E-state index contributed by atoms with van der Waals surface area (Å²) in [5.41, 5.74) is 1.23. The van der Waals surface area contributed by atoms with Crippen molar-refractivity contribution >= 4 is 17.7 Å². The van der Waals surface area contributed by atoms with E-state index in [1.807, 2.05) is 42.0 Å². The van der Waals surface area contributed by atoms with Gasteiger partial charge in [-0.2, -0.15) is 5.10 Å². The smallest absolute Gasteiger partial charge is 0.191 e. The summed E-state index contributed by atoms with van der Waals surface area (Å²) in [7, 11) is 3.73. The fourth-order valence-corrected chi connectivity index (χ4v) is 3.11. The lowest BCUT2D eigenvalue weighted by molar-refractivity contribution is 0.763. The maximum absolute atomic E-state index is 4.27. The normalized spacial score (nSPS) is 12.9. The van der Waals surface area contributed by atoms with Crippen molar-refractivity contribution in [3.63, 3.8) is 0 Å². The summed E-state index contributed by atoms with van der Waals surface area (Å²) < 4.78 is 1.82. The summed E-state index contributed by atoms with van der Waals surface area (Å²) in [5.74, 6) is 0.842. The van der Waals surface area contributed by atoms with Crippen molar-refractivity contribution in [1.29, 1.82) is 0 Å². The van der Waals surface area contributed by atoms with Gasteiger partial charge in [0.05, 0.1) is 6.20 Å². The molecule has 0 fully saturated rings. The molecule has 0 aliphatic rings. The van der Waals surface area contributed by atoms with E-state index in [2.05, 4.69) is 51.9 Å². The third-order valence-corrected chi connectivity index (χ3v) is 4.44. The van der Waals surface area contributed by atoms with Gasteiger partial charge >= 0.3 is 0 Å². The summed E-state index contributed by atoms with van der Waals surface area (Å²) in [6, 6.07) is 10.5. The van der Waals surface area contributed by atoms with E-state index in [-0.39, 0.29) is 0 Å². The summed E-state index contributed by atoms with van der Waals surface area (Å²) in [6.45, 7) is 3.92. The maximum Gasteiger partial charge on any atom is 0.191 e. The fraction of sp³-hybridized carbons (Fsp3) is 0.412. The van der Waals surface area contributed by atoms with Crippen LogP contribution in [0.1, 0.15) is 12.5 Å². The zero-order valence-electron chi connectivity index (χ0n) is 14.0. The zero-order valence-corrected chi connectivity index (χ0v) is 14.8. The molecule has 23 heavy (non-hydrogen) atoms. The van der Waals surface area contributed by atoms with Gasteiger partial charge in [-0.05, 0) is 24.1 Å². The molecule has 5 nitrogen and oxygen atoms in total. The second kappa shape index (κ2) is 9.25. The van der Waals surface area contributed by atoms with Gasteiger partial charge in [-0.15, -0.1) is 11.8 Å². The summed E-state index contributed by atoms with van der Waals surface area (Å²) >= 11 is 1.86. The Morgan fingerprint density at radius 3 is 2.74 bits per heavy atom. The second-order valence-corrected chi connectivity index (χ2v) is 6.91. The van der Waals surface area contributed by atoms with Gasteiger partial charge < -0.3 is 10.6 Å². The largest absolute Gasteiger partial charge is 0.356 e. The van der Waals surface area contributed by atoms with Gasteiger partial charge in [0.2, 0.25) is 0 Å². The van der Waals surface area contributed by atoms with Gasteiger partial charge in [0.1, 0.15) is 0 Å². The Labute approximate surface area is 142 Å². The van der Waals surface area contributed by atoms with Crippen LogP contribution in [0.15, 0.2) is 52.6 Å². The molecule has 1 unspecified atom stereocenters. The topological polar surface area (TPSA) is 54.2 Å². The number of aromatic nitrogens is 2. The molecule has 124 valence electrons. The number of benzene rings is 1. The van der Waals surface area contributed by atoms with Crippen molar-refractivity contribution in [3.8, 4) is 0 Å². The molecular weight excluding hydrogens is 306 g/mol. The molecule has 0 amide bonds. The van der Waals surface area contributed by atoms with Crippen LogP contribution in [0, 0.1) is 0 Å². The predicted octanol–water partition coefficient (Wildman–Crippen LogP) is 2.31. The first-order valence-corrected chi connectivity index (χ1v) is 8.69. The average molecular weight is 331 g/mol. The Morgan fingerprint density at radius 1 is 1.30 bits per heavy atom. The van der Waals surface area contributed by atoms with E-state index in [0.717, 1.165) is 25.5 Å². The highest BCUT2D eigenvalue weighted by atomic mass is 32.2. The molecule has 0 bridgehead atoms. The quantitative estimate of drug-likeness (QED) is 0.464. The molecule has 0 saturated heterocycles. The Bertz CT molecular complexity index is 608. The average Bonchev–Trinajstić information content (AvgIpc) is 2.97. The first-order valence-electron chi connectivity index (χ1n) is 7.81. The van der Waals surface area contributed by atoms with E-state index in [9.17, 15) is 0 Å². The van der Waals surface area contributed by atoms with E-state index in [4.69, 9.17) is 0 Å². The standard InChI is InChI=1S/C17H25N5S/c1-14(23-16-7-5-4-6-8-16)11-20-17(18-2)19-10-9-15-12-21-22(3)13-15/h4-8,12-14H,9-11H2,1-3H3,(H2,18,19,20). The lowest BCUT2D eigenvalue weighted by Gasteiger charge is -2.15. The van der Waals surface area contributed by atoms with Crippen molar-refractivity contribution in [2.45, 2.75) is 23.5 Å². The highest BCUT2D eigenvalue weighted by Gasteiger charge is 2.06. The van der Waals surface area contributed by atoms with Crippen molar-refractivity contribution in [1.82, 2.24) is 20.4 Å². The Hall–Kier alpha value is -1.95. The number of nitrogens with one attached hydrogen (secondary N) is 2. The number of rotatable bonds is 7. The van der Waals surface area contributed by atoms with Crippen LogP contribution in [-0.4, -0.2) is 41.1 Å². The molecule has 0 radical (unpaired) electrons. The van der Waals surface area contributed by atoms with Crippen LogP contribution in [0.25, 0.3) is 0 Å². The number of thioether (sulfide) groups is 1. The number of hydrogen-bond acceptors (Lipinski definition) is 3. The molecule has 2 N–H and O–H groups in total. The maximum atomic E-state index is 4.27. The molecule has 0 aliphatic carbocycles. The number of aryl methyl sites for hydroxylation is 1. The Morgan fingerprint density at radius 2 is 2.09 bits per heavy atom. The first-order chi connectivity index (χ1) is 11.2. The minimum atomic E-state index is 0.467. The van der Waals surface area contributed by atoms with Gasteiger partial charge in [0.15, 0.2) is 5.96 Å². The molecule has 2 aromatic rings. The van der Waals surface area contributed by atoms with Crippen LogP contribution in [0.3, 0.4) is 0 Å². The van der Waals surface area contributed by atoms with Gasteiger partial charge in [0.25, 0.3) is 0 Å². The Balaban J connectivity index is 1.68. The van der Waals surface area contributed by atoms with E-state index in [1.165, 1.54) is 10.5 Å². The van der Waals surface area contributed by atoms with Crippen LogP contribution in [-0.2, 0) is 13.5 Å². The van der Waals surface area contributed by atoms with Crippen LogP contribution in [0.4, 0.5) is 0 Å². The highest BCUT2D eigenvalue weighted by molar-refractivity contribution is 8.00. The monoisotopic (exact) mass is 331 g/mol. The fourth-order valence-electron chi connectivity index (χ4n) is 2.16. The summed E-state index contributed by atoms with van der Waals surface area (Å²) in [5, 5.41) is 11.4. The van der Waals surface area contributed by atoms with E-state index < -0.39 is 0 Å². The Kier molecular flexibility index (Phi) is 7.00. The van der Waals surface area contributed by atoms with Gasteiger partial charge in [0, 0.05) is 43.5 Å². The lowest BCUT2D eigenvalue weighted by Crippen LogP contribution is -2.40. The third-order valence-electron chi connectivity index (χ3n) is 3.33. The zero-order chi connectivity index (χ0) is 16.5. The molecule has 6 heteroatoms. The number of hydrogen-bond donors (Lipinski definition) is 2. The first kappa shape index (κ1) is 17.4. The number of nitrogens with zero attached hydrogens (tertiary/aromatic N) is 3.